The average molecular weight is 330 g/mol. The summed E-state index contributed by atoms with van der Waals surface area (Å²) in [7, 11) is -3.63. The average Bonchev–Trinajstić information content (AvgIpc) is 3.03. The van der Waals surface area contributed by atoms with Gasteiger partial charge in [0, 0.05) is 24.7 Å². The molecule has 0 atom stereocenters. The molecule has 2 N–H and O–H groups in total. The van der Waals surface area contributed by atoms with Gasteiger partial charge in [0.1, 0.15) is 9.90 Å². The number of nitrogens with zero attached hydrogens (tertiary/aromatic N) is 3. The van der Waals surface area contributed by atoms with Crippen molar-refractivity contribution in [1.29, 1.82) is 0 Å². The zero-order valence-corrected chi connectivity index (χ0v) is 13.5. The van der Waals surface area contributed by atoms with Crippen molar-refractivity contribution in [3.05, 3.63) is 28.0 Å². The maximum atomic E-state index is 12.4. The molecule has 0 aromatic carbocycles. The second-order valence-electron chi connectivity index (χ2n) is 4.55. The summed E-state index contributed by atoms with van der Waals surface area (Å²) in [6, 6.07) is 0. The van der Waals surface area contributed by atoms with Gasteiger partial charge in [0.05, 0.1) is 17.9 Å². The molecule has 0 unspecified atom stereocenters. The minimum absolute atomic E-state index is 0.0444. The van der Waals surface area contributed by atoms with Crippen LogP contribution in [0.3, 0.4) is 0 Å². The Balaban J connectivity index is 2.21. The van der Waals surface area contributed by atoms with E-state index in [4.69, 9.17) is 5.11 Å². The highest BCUT2D eigenvalue weighted by molar-refractivity contribution is 7.89. The van der Waals surface area contributed by atoms with Crippen LogP contribution < -0.4 is 4.72 Å². The summed E-state index contributed by atoms with van der Waals surface area (Å²) in [4.78, 5) is 4.25. The predicted molar refractivity (Wildman–Crippen MR) is 79.5 cm³/mol. The quantitative estimate of drug-likeness (QED) is 0.783. The molecule has 2 rings (SSSR count). The van der Waals surface area contributed by atoms with Gasteiger partial charge in [0.15, 0.2) is 0 Å². The normalized spacial score (nSPS) is 12.0. The first-order valence-electron chi connectivity index (χ1n) is 6.48. The molecule has 116 valence electrons. The number of thiazole rings is 1. The second-order valence-corrected chi connectivity index (χ2v) is 7.23. The van der Waals surface area contributed by atoms with Crippen LogP contribution in [0.25, 0.3) is 0 Å². The lowest BCUT2D eigenvalue weighted by molar-refractivity contribution is 0.276. The molecule has 21 heavy (non-hydrogen) atoms. The van der Waals surface area contributed by atoms with Crippen molar-refractivity contribution in [2.24, 2.45) is 0 Å². The highest BCUT2D eigenvalue weighted by Gasteiger charge is 2.24. The molecular weight excluding hydrogens is 312 g/mol. The van der Waals surface area contributed by atoms with E-state index in [1.807, 2.05) is 0 Å². The largest absolute Gasteiger partial charge is 0.396 e. The number of aliphatic hydroxyl groups excluding tert-OH is 1. The lowest BCUT2D eigenvalue weighted by Gasteiger charge is -2.06. The number of aliphatic hydroxyl groups is 1. The Morgan fingerprint density at radius 1 is 1.43 bits per heavy atom. The molecule has 9 heteroatoms. The molecule has 2 heterocycles. The van der Waals surface area contributed by atoms with E-state index in [9.17, 15) is 8.42 Å². The van der Waals surface area contributed by atoms with Crippen LogP contribution in [0.4, 0.5) is 0 Å². The molecule has 2 aromatic heterocycles. The maximum absolute atomic E-state index is 12.4. The van der Waals surface area contributed by atoms with Crippen molar-refractivity contribution >= 4 is 21.4 Å². The minimum atomic E-state index is -3.63. The first-order valence-corrected chi connectivity index (χ1v) is 8.85. The monoisotopic (exact) mass is 330 g/mol. The summed E-state index contributed by atoms with van der Waals surface area (Å²) in [6.07, 6.45) is 2.17. The molecule has 0 amide bonds. The third-order valence-corrected chi connectivity index (χ3v) is 5.44. The fourth-order valence-electron chi connectivity index (χ4n) is 2.08. The highest BCUT2D eigenvalue weighted by atomic mass is 32.2. The SMILES string of the molecule is Cc1nn(CCCO)c(C)c1S(=O)(=O)NCc1nccs1. The molecule has 0 spiro atoms. The van der Waals surface area contributed by atoms with E-state index < -0.39 is 10.0 Å². The summed E-state index contributed by atoms with van der Waals surface area (Å²) in [5.41, 5.74) is 1.03. The van der Waals surface area contributed by atoms with Crippen LogP contribution in [0.2, 0.25) is 0 Å². The Bertz CT molecular complexity index is 692. The van der Waals surface area contributed by atoms with Gasteiger partial charge < -0.3 is 5.11 Å². The highest BCUT2D eigenvalue weighted by Crippen LogP contribution is 2.20. The fraction of sp³-hybridized carbons (Fsp3) is 0.500. The Hall–Kier alpha value is -1.29. The van der Waals surface area contributed by atoms with Gasteiger partial charge >= 0.3 is 0 Å². The Labute approximate surface area is 127 Å². The van der Waals surface area contributed by atoms with E-state index in [-0.39, 0.29) is 18.0 Å². The second kappa shape index (κ2) is 6.65. The van der Waals surface area contributed by atoms with Crippen LogP contribution >= 0.6 is 11.3 Å². The van der Waals surface area contributed by atoms with Crippen LogP contribution in [-0.4, -0.2) is 34.9 Å². The van der Waals surface area contributed by atoms with Crippen LogP contribution in [0.1, 0.15) is 22.8 Å². The lowest BCUT2D eigenvalue weighted by Crippen LogP contribution is -2.24. The lowest BCUT2D eigenvalue weighted by atomic mass is 10.4. The summed E-state index contributed by atoms with van der Waals surface area (Å²) in [5.74, 6) is 0. The Morgan fingerprint density at radius 3 is 2.81 bits per heavy atom. The van der Waals surface area contributed by atoms with Crippen LogP contribution in [0, 0.1) is 13.8 Å². The summed E-state index contributed by atoms with van der Waals surface area (Å²) in [5, 5.41) is 15.6. The molecule has 0 bridgehead atoms. The molecule has 0 saturated carbocycles. The number of aromatic nitrogens is 3. The van der Waals surface area contributed by atoms with Crippen LogP contribution in [0.15, 0.2) is 16.5 Å². The summed E-state index contributed by atoms with van der Waals surface area (Å²) < 4.78 is 29.0. The molecule has 2 aromatic rings. The number of sulfonamides is 1. The third-order valence-electron chi connectivity index (χ3n) is 3.01. The third kappa shape index (κ3) is 3.67. The number of hydrogen-bond donors (Lipinski definition) is 2. The molecule has 0 aliphatic carbocycles. The predicted octanol–water partition coefficient (Wildman–Crippen LogP) is 0.817. The first-order chi connectivity index (χ1) is 9.95. The summed E-state index contributed by atoms with van der Waals surface area (Å²) in [6.45, 7) is 4.09. The zero-order valence-electron chi connectivity index (χ0n) is 11.9. The number of rotatable bonds is 7. The smallest absolute Gasteiger partial charge is 0.244 e. The van der Waals surface area contributed by atoms with Gasteiger partial charge in [-0.1, -0.05) is 0 Å². The molecule has 0 saturated heterocycles. The van der Waals surface area contributed by atoms with Crippen molar-refractivity contribution in [2.45, 2.75) is 38.3 Å². The van der Waals surface area contributed by atoms with E-state index in [2.05, 4.69) is 14.8 Å². The van der Waals surface area contributed by atoms with E-state index in [1.165, 1.54) is 11.3 Å². The summed E-state index contributed by atoms with van der Waals surface area (Å²) >= 11 is 1.40. The van der Waals surface area contributed by atoms with Gasteiger partial charge in [-0.2, -0.15) is 5.10 Å². The molecule has 0 aliphatic heterocycles. The minimum Gasteiger partial charge on any atom is -0.396 e. The zero-order chi connectivity index (χ0) is 15.5. The van der Waals surface area contributed by atoms with E-state index in [1.54, 1.807) is 30.1 Å². The van der Waals surface area contributed by atoms with Crippen molar-refractivity contribution in [3.63, 3.8) is 0 Å². The van der Waals surface area contributed by atoms with Crippen molar-refractivity contribution in [1.82, 2.24) is 19.5 Å². The van der Waals surface area contributed by atoms with E-state index in [0.717, 1.165) is 0 Å². The van der Waals surface area contributed by atoms with Crippen LogP contribution in [0.5, 0.6) is 0 Å². The van der Waals surface area contributed by atoms with Crippen molar-refractivity contribution in [3.8, 4) is 0 Å². The van der Waals surface area contributed by atoms with E-state index >= 15 is 0 Å². The number of hydrogen-bond acceptors (Lipinski definition) is 6. The van der Waals surface area contributed by atoms with Crippen molar-refractivity contribution < 1.29 is 13.5 Å². The molecule has 0 aliphatic rings. The molecule has 0 fully saturated rings. The first kappa shape index (κ1) is 16.1. The van der Waals surface area contributed by atoms with Crippen molar-refractivity contribution in [2.75, 3.05) is 6.61 Å². The molecule has 7 nitrogen and oxygen atoms in total. The van der Waals surface area contributed by atoms with Crippen LogP contribution in [-0.2, 0) is 23.1 Å². The maximum Gasteiger partial charge on any atom is 0.244 e. The number of nitrogens with one attached hydrogen (secondary N) is 1. The van der Waals surface area contributed by atoms with Gasteiger partial charge in [-0.05, 0) is 20.3 Å². The Morgan fingerprint density at radius 2 is 2.19 bits per heavy atom. The van der Waals surface area contributed by atoms with Gasteiger partial charge in [-0.3, -0.25) is 4.68 Å². The van der Waals surface area contributed by atoms with Gasteiger partial charge in [-0.25, -0.2) is 18.1 Å². The standard InChI is InChI=1S/C12H18N4O3S2/c1-9-12(10(2)16(15-9)5-3-6-17)21(18,19)14-8-11-13-4-7-20-11/h4,7,14,17H,3,5-6,8H2,1-2H3. The van der Waals surface area contributed by atoms with Gasteiger partial charge in [0.25, 0.3) is 0 Å². The number of aryl methyl sites for hydroxylation is 2. The fourth-order valence-corrected chi connectivity index (χ4v) is 4.12. The molecule has 0 radical (unpaired) electrons. The van der Waals surface area contributed by atoms with Gasteiger partial charge in [0.2, 0.25) is 10.0 Å². The topological polar surface area (TPSA) is 97.1 Å². The molecular formula is C12H18N4O3S2. The van der Waals surface area contributed by atoms with Gasteiger partial charge in [-0.15, -0.1) is 11.3 Å². The van der Waals surface area contributed by atoms with E-state index in [0.29, 0.717) is 29.4 Å². The Kier molecular flexibility index (Phi) is 5.09.